The number of non-ortho nitro benzene ring substituents is 1. The summed E-state index contributed by atoms with van der Waals surface area (Å²) in [5.74, 6) is -0.389. The molecule has 2 rings (SSSR count). The van der Waals surface area contributed by atoms with Crippen LogP contribution in [0.5, 0.6) is 5.75 Å². The van der Waals surface area contributed by atoms with Crippen molar-refractivity contribution in [2.24, 2.45) is 0 Å². The van der Waals surface area contributed by atoms with Crippen LogP contribution >= 0.6 is 0 Å². The predicted molar refractivity (Wildman–Crippen MR) is 95.0 cm³/mol. The lowest BCUT2D eigenvalue weighted by molar-refractivity contribution is -0.384. The van der Waals surface area contributed by atoms with Crippen molar-refractivity contribution in [2.45, 2.75) is 13.0 Å². The van der Waals surface area contributed by atoms with Crippen LogP contribution in [0, 0.1) is 10.1 Å². The Hall–Kier alpha value is -3.48. The van der Waals surface area contributed by atoms with Gasteiger partial charge in [-0.3, -0.25) is 14.9 Å². The first-order valence-electron chi connectivity index (χ1n) is 7.72. The van der Waals surface area contributed by atoms with E-state index in [1.165, 1.54) is 50.5 Å². The highest BCUT2D eigenvalue weighted by Gasteiger charge is 2.18. The van der Waals surface area contributed by atoms with Gasteiger partial charge < -0.3 is 9.47 Å². The lowest BCUT2D eigenvalue weighted by atomic mass is 10.1. The summed E-state index contributed by atoms with van der Waals surface area (Å²) in [6, 6.07) is 12.2. The highest BCUT2D eigenvalue weighted by atomic mass is 16.6. The normalized spacial score (nSPS) is 11.8. The Balaban J connectivity index is 1.94. The predicted octanol–water partition coefficient (Wildman–Crippen LogP) is 3.43. The van der Waals surface area contributed by atoms with Gasteiger partial charge in [-0.05, 0) is 55.0 Å². The van der Waals surface area contributed by atoms with Gasteiger partial charge in [0, 0.05) is 23.8 Å². The number of hydrogen-bond acceptors (Lipinski definition) is 6. The van der Waals surface area contributed by atoms with Gasteiger partial charge in [-0.25, -0.2) is 4.79 Å². The largest absolute Gasteiger partial charge is 0.497 e. The minimum atomic E-state index is -0.947. The number of ether oxygens (including phenoxy) is 2. The van der Waals surface area contributed by atoms with E-state index in [4.69, 9.17) is 9.47 Å². The summed E-state index contributed by atoms with van der Waals surface area (Å²) in [4.78, 5) is 34.2. The highest BCUT2D eigenvalue weighted by Crippen LogP contribution is 2.15. The third-order valence-corrected chi connectivity index (χ3v) is 3.55. The lowest BCUT2D eigenvalue weighted by Gasteiger charge is -2.11. The fraction of sp³-hybridized carbons (Fsp3) is 0.158. The number of ketones is 1. The van der Waals surface area contributed by atoms with Gasteiger partial charge in [0.2, 0.25) is 5.78 Å². The van der Waals surface area contributed by atoms with Crippen LogP contribution in [0.1, 0.15) is 22.8 Å². The number of carbonyl (C=O) groups excluding carboxylic acids is 2. The minimum absolute atomic E-state index is 0.0385. The SMILES string of the molecule is COc1ccc(C(=O)[C@H](C)OC(=O)/C=C/c2ccc([N+](=O)[O-])cc2)cc1. The zero-order chi connectivity index (χ0) is 19.1. The van der Waals surface area contributed by atoms with Crippen LogP contribution in [-0.4, -0.2) is 29.9 Å². The summed E-state index contributed by atoms with van der Waals surface area (Å²) in [5, 5.41) is 10.6. The molecule has 26 heavy (non-hydrogen) atoms. The van der Waals surface area contributed by atoms with Crippen LogP contribution in [0.4, 0.5) is 5.69 Å². The number of nitrogens with zero attached hydrogens (tertiary/aromatic N) is 1. The summed E-state index contributed by atoms with van der Waals surface area (Å²) >= 11 is 0. The number of carbonyl (C=O) groups is 2. The molecule has 7 nitrogen and oxygen atoms in total. The minimum Gasteiger partial charge on any atom is -0.497 e. The smallest absolute Gasteiger partial charge is 0.331 e. The van der Waals surface area contributed by atoms with E-state index in [2.05, 4.69) is 0 Å². The Kier molecular flexibility index (Phi) is 6.21. The van der Waals surface area contributed by atoms with E-state index < -0.39 is 17.0 Å². The number of hydrogen-bond donors (Lipinski definition) is 0. The van der Waals surface area contributed by atoms with E-state index in [0.29, 0.717) is 16.9 Å². The average molecular weight is 355 g/mol. The zero-order valence-corrected chi connectivity index (χ0v) is 14.2. The van der Waals surface area contributed by atoms with Crippen molar-refractivity contribution in [1.29, 1.82) is 0 Å². The molecule has 0 saturated carbocycles. The molecule has 0 N–H and O–H groups in total. The number of nitro benzene ring substituents is 1. The summed E-state index contributed by atoms with van der Waals surface area (Å²) in [6.07, 6.45) is 1.67. The number of Topliss-reactive ketones (excluding diaryl/α,β-unsaturated/α-hetero) is 1. The lowest BCUT2D eigenvalue weighted by Crippen LogP contribution is -2.23. The molecule has 0 unspecified atom stereocenters. The Morgan fingerprint density at radius 2 is 1.69 bits per heavy atom. The maximum atomic E-state index is 12.2. The van der Waals surface area contributed by atoms with E-state index in [1.807, 2.05) is 0 Å². The van der Waals surface area contributed by atoms with Gasteiger partial charge in [0.15, 0.2) is 6.10 Å². The molecule has 2 aromatic rings. The van der Waals surface area contributed by atoms with Gasteiger partial charge in [0.25, 0.3) is 5.69 Å². The topological polar surface area (TPSA) is 95.7 Å². The van der Waals surface area contributed by atoms with E-state index in [9.17, 15) is 19.7 Å². The van der Waals surface area contributed by atoms with E-state index in [1.54, 1.807) is 24.3 Å². The van der Waals surface area contributed by atoms with E-state index in [-0.39, 0.29) is 11.5 Å². The van der Waals surface area contributed by atoms with E-state index in [0.717, 1.165) is 0 Å². The van der Waals surface area contributed by atoms with Gasteiger partial charge in [-0.1, -0.05) is 0 Å². The Morgan fingerprint density at radius 3 is 2.23 bits per heavy atom. The zero-order valence-electron chi connectivity index (χ0n) is 14.2. The summed E-state index contributed by atoms with van der Waals surface area (Å²) < 4.78 is 10.1. The summed E-state index contributed by atoms with van der Waals surface area (Å²) in [6.45, 7) is 1.49. The van der Waals surface area contributed by atoms with Gasteiger partial charge in [-0.15, -0.1) is 0 Å². The molecule has 2 aromatic carbocycles. The van der Waals surface area contributed by atoms with Gasteiger partial charge in [-0.2, -0.15) is 0 Å². The van der Waals surface area contributed by atoms with Crippen molar-refractivity contribution in [1.82, 2.24) is 0 Å². The third-order valence-electron chi connectivity index (χ3n) is 3.55. The monoisotopic (exact) mass is 355 g/mol. The maximum absolute atomic E-state index is 12.2. The highest BCUT2D eigenvalue weighted by molar-refractivity contribution is 6.01. The summed E-state index contributed by atoms with van der Waals surface area (Å²) in [7, 11) is 1.53. The average Bonchev–Trinajstić information content (AvgIpc) is 2.66. The van der Waals surface area contributed by atoms with Crippen LogP contribution in [0.3, 0.4) is 0 Å². The van der Waals surface area contributed by atoms with Crippen molar-refractivity contribution in [2.75, 3.05) is 7.11 Å². The second-order valence-corrected chi connectivity index (χ2v) is 5.35. The standard InChI is InChI=1S/C19H17NO6/c1-13(19(22)15-6-10-17(25-2)11-7-15)26-18(21)12-5-14-3-8-16(9-4-14)20(23)24/h3-13H,1-2H3/b12-5+/t13-/m0/s1. The molecule has 0 heterocycles. The van der Waals surface area contributed by atoms with Crippen molar-refractivity contribution in [3.05, 3.63) is 75.8 Å². The van der Waals surface area contributed by atoms with Crippen LogP contribution in [0.15, 0.2) is 54.6 Å². The van der Waals surface area contributed by atoms with Gasteiger partial charge in [0.1, 0.15) is 5.75 Å². The fourth-order valence-corrected chi connectivity index (χ4v) is 2.13. The Morgan fingerprint density at radius 1 is 1.08 bits per heavy atom. The second-order valence-electron chi connectivity index (χ2n) is 5.35. The first-order chi connectivity index (χ1) is 12.4. The quantitative estimate of drug-likeness (QED) is 0.248. The van der Waals surface area contributed by atoms with Crippen LogP contribution in [-0.2, 0) is 9.53 Å². The first kappa shape index (κ1) is 18.9. The molecule has 0 amide bonds. The third kappa shape index (κ3) is 5.01. The Bertz CT molecular complexity index is 824. The van der Waals surface area contributed by atoms with Crippen LogP contribution < -0.4 is 4.74 Å². The molecule has 0 saturated heterocycles. The molecule has 0 spiro atoms. The number of nitro groups is 1. The van der Waals surface area contributed by atoms with Crippen molar-refractivity contribution in [3.8, 4) is 5.75 Å². The van der Waals surface area contributed by atoms with Crippen LogP contribution in [0.25, 0.3) is 6.08 Å². The van der Waals surface area contributed by atoms with Crippen molar-refractivity contribution in [3.63, 3.8) is 0 Å². The molecule has 0 aliphatic carbocycles. The maximum Gasteiger partial charge on any atom is 0.331 e. The first-order valence-corrected chi connectivity index (χ1v) is 7.72. The number of benzene rings is 2. The molecule has 0 aliphatic rings. The summed E-state index contributed by atoms with van der Waals surface area (Å²) in [5.41, 5.74) is 0.968. The molecular formula is C19H17NO6. The molecule has 7 heteroatoms. The molecular weight excluding hydrogens is 338 g/mol. The molecule has 134 valence electrons. The number of esters is 1. The number of rotatable bonds is 7. The number of methoxy groups -OCH3 is 1. The second kappa shape index (κ2) is 8.57. The Labute approximate surface area is 150 Å². The molecule has 1 atom stereocenters. The fourth-order valence-electron chi connectivity index (χ4n) is 2.13. The van der Waals surface area contributed by atoms with Crippen molar-refractivity contribution >= 4 is 23.5 Å². The molecule has 0 aliphatic heterocycles. The van der Waals surface area contributed by atoms with Crippen molar-refractivity contribution < 1.29 is 24.0 Å². The van der Waals surface area contributed by atoms with Gasteiger partial charge in [0.05, 0.1) is 12.0 Å². The molecule has 0 bridgehead atoms. The molecule has 0 radical (unpaired) electrons. The van der Waals surface area contributed by atoms with E-state index >= 15 is 0 Å². The van der Waals surface area contributed by atoms with Crippen LogP contribution in [0.2, 0.25) is 0 Å². The molecule has 0 fully saturated rings. The van der Waals surface area contributed by atoms with Gasteiger partial charge >= 0.3 is 5.97 Å². The molecule has 0 aromatic heterocycles.